The zero-order chi connectivity index (χ0) is 16.7. The van der Waals surface area contributed by atoms with Gasteiger partial charge in [-0.05, 0) is 43.2 Å². The lowest BCUT2D eigenvalue weighted by molar-refractivity contribution is 0.375. The minimum absolute atomic E-state index is 0.190. The van der Waals surface area contributed by atoms with Gasteiger partial charge in [-0.3, -0.25) is 0 Å². The van der Waals surface area contributed by atoms with Crippen molar-refractivity contribution in [1.29, 1.82) is 0 Å². The van der Waals surface area contributed by atoms with Crippen molar-refractivity contribution in [3.8, 4) is 5.75 Å². The number of nitrogens with one attached hydrogen (secondary N) is 1. The van der Waals surface area contributed by atoms with Crippen LogP contribution >= 0.6 is 0 Å². The molecular weight excluding hydrogens is 312 g/mol. The highest BCUT2D eigenvalue weighted by Crippen LogP contribution is 2.11. The summed E-state index contributed by atoms with van der Waals surface area (Å²) < 4.78 is 29.8. The van der Waals surface area contributed by atoms with Gasteiger partial charge in [-0.25, -0.2) is 4.83 Å². The lowest BCUT2D eigenvalue weighted by atomic mass is 10.2. The molecule has 0 spiro atoms. The SMILES string of the molecule is CCc1ccc(S(=O)(=O)N/N=C(\C)COc2ccccc2)cc1. The number of sulfonamides is 1. The van der Waals surface area contributed by atoms with Crippen LogP contribution in [0.5, 0.6) is 5.75 Å². The molecule has 0 radical (unpaired) electrons. The van der Waals surface area contributed by atoms with Gasteiger partial charge < -0.3 is 4.74 Å². The van der Waals surface area contributed by atoms with Gasteiger partial charge in [0, 0.05) is 0 Å². The molecule has 122 valence electrons. The van der Waals surface area contributed by atoms with E-state index in [0.717, 1.165) is 12.0 Å². The van der Waals surface area contributed by atoms with Crippen LogP contribution in [0.15, 0.2) is 64.6 Å². The Kier molecular flexibility index (Phi) is 5.76. The number of ether oxygens (including phenoxy) is 1. The fraction of sp³-hybridized carbons (Fsp3) is 0.235. The quantitative estimate of drug-likeness (QED) is 0.626. The van der Waals surface area contributed by atoms with Gasteiger partial charge in [0.05, 0.1) is 10.6 Å². The van der Waals surface area contributed by atoms with Gasteiger partial charge in [-0.2, -0.15) is 13.5 Å². The summed E-state index contributed by atoms with van der Waals surface area (Å²) in [4.78, 5) is 2.42. The molecule has 5 nitrogen and oxygen atoms in total. The third-order valence-electron chi connectivity index (χ3n) is 3.19. The van der Waals surface area contributed by atoms with Gasteiger partial charge >= 0.3 is 0 Å². The van der Waals surface area contributed by atoms with Crippen molar-refractivity contribution in [2.75, 3.05) is 6.61 Å². The first-order valence-corrected chi connectivity index (χ1v) is 8.81. The molecule has 23 heavy (non-hydrogen) atoms. The molecule has 0 saturated carbocycles. The van der Waals surface area contributed by atoms with E-state index in [4.69, 9.17) is 4.74 Å². The summed E-state index contributed by atoms with van der Waals surface area (Å²) in [5.74, 6) is 0.708. The second-order valence-electron chi connectivity index (χ2n) is 5.04. The molecule has 2 aromatic rings. The largest absolute Gasteiger partial charge is 0.488 e. The minimum atomic E-state index is -3.66. The molecular formula is C17H20N2O3S. The predicted molar refractivity (Wildman–Crippen MR) is 91.2 cm³/mol. The van der Waals surface area contributed by atoms with Crippen molar-refractivity contribution >= 4 is 15.7 Å². The molecule has 1 N–H and O–H groups in total. The van der Waals surface area contributed by atoms with Crippen LogP contribution in [-0.2, 0) is 16.4 Å². The maximum Gasteiger partial charge on any atom is 0.276 e. The van der Waals surface area contributed by atoms with E-state index < -0.39 is 10.0 Å². The zero-order valence-corrected chi connectivity index (χ0v) is 14.0. The van der Waals surface area contributed by atoms with Crippen LogP contribution in [0.3, 0.4) is 0 Å². The van der Waals surface area contributed by atoms with Crippen molar-refractivity contribution in [3.05, 3.63) is 60.2 Å². The molecule has 0 atom stereocenters. The Morgan fingerprint density at radius 3 is 2.35 bits per heavy atom. The number of nitrogens with zero attached hydrogens (tertiary/aromatic N) is 1. The molecule has 0 bridgehead atoms. The van der Waals surface area contributed by atoms with Gasteiger partial charge in [0.1, 0.15) is 12.4 Å². The van der Waals surface area contributed by atoms with Crippen LogP contribution in [0.2, 0.25) is 0 Å². The standard InChI is InChI=1S/C17H20N2O3S/c1-3-15-9-11-17(12-10-15)23(20,21)19-18-14(2)13-22-16-7-5-4-6-8-16/h4-12,19H,3,13H2,1-2H3/b18-14+. The third kappa shape index (κ3) is 5.10. The second-order valence-corrected chi connectivity index (χ2v) is 6.70. The average molecular weight is 332 g/mol. The zero-order valence-electron chi connectivity index (χ0n) is 13.2. The molecule has 0 aliphatic heterocycles. The van der Waals surface area contributed by atoms with Gasteiger partial charge in [-0.15, -0.1) is 0 Å². The molecule has 0 aromatic heterocycles. The maximum atomic E-state index is 12.2. The fourth-order valence-corrected chi connectivity index (χ4v) is 2.71. The first-order valence-electron chi connectivity index (χ1n) is 7.33. The maximum absolute atomic E-state index is 12.2. The Morgan fingerprint density at radius 2 is 1.74 bits per heavy atom. The molecule has 0 unspecified atom stereocenters. The summed E-state index contributed by atoms with van der Waals surface area (Å²) in [5, 5.41) is 3.88. The number of hydrazone groups is 1. The first kappa shape index (κ1) is 17.0. The van der Waals surface area contributed by atoms with Crippen LogP contribution in [0, 0.1) is 0 Å². The lowest BCUT2D eigenvalue weighted by Gasteiger charge is -2.07. The second kappa shape index (κ2) is 7.78. The Labute approximate surface area is 137 Å². The molecule has 6 heteroatoms. The molecule has 0 fully saturated rings. The van der Waals surface area contributed by atoms with Crippen molar-refractivity contribution in [1.82, 2.24) is 4.83 Å². The first-order chi connectivity index (χ1) is 11.0. The molecule has 0 saturated heterocycles. The lowest BCUT2D eigenvalue weighted by Crippen LogP contribution is -2.21. The van der Waals surface area contributed by atoms with Crippen LogP contribution in [0.1, 0.15) is 19.4 Å². The summed E-state index contributed by atoms with van der Waals surface area (Å²) in [7, 11) is -3.66. The van der Waals surface area contributed by atoms with E-state index in [1.165, 1.54) is 0 Å². The highest BCUT2D eigenvalue weighted by Gasteiger charge is 2.12. The molecule has 0 heterocycles. The van der Waals surface area contributed by atoms with Crippen molar-refractivity contribution in [2.45, 2.75) is 25.2 Å². The van der Waals surface area contributed by atoms with E-state index in [1.807, 2.05) is 37.3 Å². The number of aryl methyl sites for hydroxylation is 1. The molecule has 0 aliphatic carbocycles. The fourth-order valence-electron chi connectivity index (χ4n) is 1.83. The summed E-state index contributed by atoms with van der Waals surface area (Å²) >= 11 is 0. The Hall–Kier alpha value is -2.34. The Balaban J connectivity index is 1.96. The van der Waals surface area contributed by atoms with Gasteiger partial charge in [0.25, 0.3) is 10.0 Å². The Bertz CT molecular complexity index is 754. The van der Waals surface area contributed by atoms with E-state index in [0.29, 0.717) is 11.5 Å². The van der Waals surface area contributed by atoms with E-state index in [1.54, 1.807) is 31.2 Å². The molecule has 2 aromatic carbocycles. The van der Waals surface area contributed by atoms with E-state index in [9.17, 15) is 8.42 Å². The normalized spacial score (nSPS) is 12.0. The predicted octanol–water partition coefficient (Wildman–Crippen LogP) is 2.98. The highest BCUT2D eigenvalue weighted by atomic mass is 32.2. The van der Waals surface area contributed by atoms with Gasteiger partial charge in [-0.1, -0.05) is 37.3 Å². The summed E-state index contributed by atoms with van der Waals surface area (Å²) in [6.45, 7) is 3.93. The van der Waals surface area contributed by atoms with Gasteiger partial charge in [0.15, 0.2) is 0 Å². The number of hydrogen-bond acceptors (Lipinski definition) is 4. The van der Waals surface area contributed by atoms with Crippen molar-refractivity contribution in [3.63, 3.8) is 0 Å². The number of para-hydroxylation sites is 1. The summed E-state index contributed by atoms with van der Waals surface area (Å²) in [5.41, 5.74) is 1.61. The monoisotopic (exact) mass is 332 g/mol. The Morgan fingerprint density at radius 1 is 1.09 bits per heavy atom. The summed E-state index contributed by atoms with van der Waals surface area (Å²) in [6, 6.07) is 16.0. The van der Waals surface area contributed by atoms with Crippen LogP contribution in [0.4, 0.5) is 0 Å². The minimum Gasteiger partial charge on any atom is -0.488 e. The van der Waals surface area contributed by atoms with E-state index in [2.05, 4.69) is 9.93 Å². The summed E-state index contributed by atoms with van der Waals surface area (Å²) in [6.07, 6.45) is 0.863. The number of rotatable bonds is 7. The smallest absolute Gasteiger partial charge is 0.276 e. The van der Waals surface area contributed by atoms with E-state index in [-0.39, 0.29) is 11.5 Å². The number of benzene rings is 2. The molecule has 0 aliphatic rings. The topological polar surface area (TPSA) is 67.8 Å². The molecule has 0 amide bonds. The number of hydrogen-bond donors (Lipinski definition) is 1. The average Bonchev–Trinajstić information content (AvgIpc) is 2.59. The highest BCUT2D eigenvalue weighted by molar-refractivity contribution is 7.89. The molecule has 2 rings (SSSR count). The van der Waals surface area contributed by atoms with Crippen molar-refractivity contribution in [2.24, 2.45) is 5.10 Å². The van der Waals surface area contributed by atoms with Crippen LogP contribution in [0.25, 0.3) is 0 Å². The van der Waals surface area contributed by atoms with E-state index >= 15 is 0 Å². The van der Waals surface area contributed by atoms with Crippen LogP contribution < -0.4 is 9.57 Å². The third-order valence-corrected chi connectivity index (χ3v) is 4.41. The van der Waals surface area contributed by atoms with Crippen molar-refractivity contribution < 1.29 is 13.2 Å². The van der Waals surface area contributed by atoms with Crippen LogP contribution in [-0.4, -0.2) is 20.7 Å². The van der Waals surface area contributed by atoms with Gasteiger partial charge in [0.2, 0.25) is 0 Å².